The summed E-state index contributed by atoms with van der Waals surface area (Å²) in [6.07, 6.45) is 7.43. The van der Waals surface area contributed by atoms with Crippen LogP contribution in [0.3, 0.4) is 0 Å². The van der Waals surface area contributed by atoms with Crippen LogP contribution in [0, 0.1) is 0 Å². The number of Topliss-reactive ketones (excluding diaryl/α,β-unsaturated/α-hetero) is 1. The van der Waals surface area contributed by atoms with E-state index in [9.17, 15) is 4.79 Å². The number of hydrogen-bond acceptors (Lipinski definition) is 4. The summed E-state index contributed by atoms with van der Waals surface area (Å²) in [5.74, 6) is 0.589. The largest absolute Gasteiger partial charge is 0.488 e. The van der Waals surface area contributed by atoms with E-state index in [0.29, 0.717) is 24.3 Å². The Labute approximate surface area is 169 Å². The molecule has 0 atom stereocenters. The third-order valence-corrected chi connectivity index (χ3v) is 4.67. The summed E-state index contributed by atoms with van der Waals surface area (Å²) < 4.78 is 7.84. The second-order valence-electron chi connectivity index (χ2n) is 6.84. The van der Waals surface area contributed by atoms with Gasteiger partial charge in [-0.1, -0.05) is 36.4 Å². The molecule has 0 fully saturated rings. The molecule has 144 valence electrons. The fourth-order valence-electron chi connectivity index (χ4n) is 3.14. The molecule has 0 bridgehead atoms. The molecule has 2 aromatic heterocycles. The molecule has 0 aliphatic heterocycles. The second-order valence-corrected chi connectivity index (χ2v) is 6.84. The highest BCUT2D eigenvalue weighted by Crippen LogP contribution is 2.29. The molecule has 4 aromatic rings. The maximum Gasteiger partial charge on any atom is 0.170 e. The van der Waals surface area contributed by atoms with Crippen LogP contribution in [-0.2, 0) is 20.1 Å². The maximum atomic E-state index is 13.0. The highest BCUT2D eigenvalue weighted by atomic mass is 16.5. The van der Waals surface area contributed by atoms with Gasteiger partial charge in [0.05, 0.1) is 11.8 Å². The minimum absolute atomic E-state index is 0.0111. The van der Waals surface area contributed by atoms with Crippen molar-refractivity contribution >= 4 is 5.78 Å². The number of nitrogens with zero attached hydrogens (tertiary/aromatic N) is 3. The first-order valence-corrected chi connectivity index (χ1v) is 9.41. The van der Waals surface area contributed by atoms with E-state index in [2.05, 4.69) is 10.1 Å². The van der Waals surface area contributed by atoms with Gasteiger partial charge in [0.1, 0.15) is 12.4 Å². The molecule has 0 amide bonds. The summed E-state index contributed by atoms with van der Waals surface area (Å²) in [7, 11) is 1.88. The SMILES string of the molecule is Cn1cc(-c2ccc(C(=O)Cc3ccncc3)c(OCc3ccccc3)c2)cn1. The Kier molecular flexibility index (Phi) is 5.47. The van der Waals surface area contributed by atoms with Gasteiger partial charge in [-0.05, 0) is 41.0 Å². The van der Waals surface area contributed by atoms with Crippen LogP contribution >= 0.6 is 0 Å². The van der Waals surface area contributed by atoms with Crippen LogP contribution in [0.4, 0.5) is 0 Å². The summed E-state index contributed by atoms with van der Waals surface area (Å²) >= 11 is 0. The average Bonchev–Trinajstić information content (AvgIpc) is 3.20. The number of ether oxygens (including phenoxy) is 1. The third kappa shape index (κ3) is 4.58. The van der Waals surface area contributed by atoms with E-state index in [-0.39, 0.29) is 5.78 Å². The van der Waals surface area contributed by atoms with Crippen LogP contribution in [0.1, 0.15) is 21.5 Å². The monoisotopic (exact) mass is 383 g/mol. The number of carbonyl (C=O) groups is 1. The van der Waals surface area contributed by atoms with Gasteiger partial charge in [0, 0.05) is 37.6 Å². The minimum Gasteiger partial charge on any atom is -0.488 e. The van der Waals surface area contributed by atoms with Gasteiger partial charge in [0.25, 0.3) is 0 Å². The van der Waals surface area contributed by atoms with Crippen molar-refractivity contribution in [1.82, 2.24) is 14.8 Å². The Morgan fingerprint density at radius 3 is 2.48 bits per heavy atom. The van der Waals surface area contributed by atoms with Crippen LogP contribution in [-0.4, -0.2) is 20.5 Å². The Morgan fingerprint density at radius 1 is 0.966 bits per heavy atom. The molecule has 0 aliphatic carbocycles. The number of aryl methyl sites for hydroxylation is 1. The molecule has 0 unspecified atom stereocenters. The van der Waals surface area contributed by atoms with Crippen molar-refractivity contribution in [1.29, 1.82) is 0 Å². The molecule has 0 saturated heterocycles. The number of benzene rings is 2. The first-order chi connectivity index (χ1) is 14.2. The quantitative estimate of drug-likeness (QED) is 0.441. The van der Waals surface area contributed by atoms with E-state index >= 15 is 0 Å². The third-order valence-electron chi connectivity index (χ3n) is 4.67. The van der Waals surface area contributed by atoms with E-state index in [0.717, 1.165) is 22.3 Å². The van der Waals surface area contributed by atoms with E-state index in [4.69, 9.17) is 4.74 Å². The van der Waals surface area contributed by atoms with Gasteiger partial charge in [-0.25, -0.2) is 0 Å². The van der Waals surface area contributed by atoms with Crippen molar-refractivity contribution in [3.8, 4) is 16.9 Å². The zero-order valence-corrected chi connectivity index (χ0v) is 16.2. The first kappa shape index (κ1) is 18.6. The number of carbonyl (C=O) groups excluding carboxylic acids is 1. The molecular formula is C24H21N3O2. The summed E-state index contributed by atoms with van der Waals surface area (Å²) in [6.45, 7) is 0.396. The molecule has 0 saturated carbocycles. The van der Waals surface area contributed by atoms with Crippen molar-refractivity contribution in [2.45, 2.75) is 13.0 Å². The molecule has 0 radical (unpaired) electrons. The van der Waals surface area contributed by atoms with Crippen LogP contribution in [0.5, 0.6) is 5.75 Å². The molecule has 0 aliphatic rings. The van der Waals surface area contributed by atoms with Crippen LogP contribution in [0.25, 0.3) is 11.1 Å². The predicted molar refractivity (Wildman–Crippen MR) is 112 cm³/mol. The maximum absolute atomic E-state index is 13.0. The number of rotatable bonds is 7. The van der Waals surface area contributed by atoms with E-state index in [1.54, 1.807) is 23.3 Å². The van der Waals surface area contributed by atoms with Gasteiger partial charge >= 0.3 is 0 Å². The topological polar surface area (TPSA) is 57.0 Å². The highest BCUT2D eigenvalue weighted by molar-refractivity contribution is 6.00. The van der Waals surface area contributed by atoms with Crippen molar-refractivity contribution in [2.24, 2.45) is 7.05 Å². The number of ketones is 1. The second kappa shape index (κ2) is 8.52. The summed E-state index contributed by atoms with van der Waals surface area (Å²) in [6, 6.07) is 19.3. The molecule has 5 nitrogen and oxygen atoms in total. The lowest BCUT2D eigenvalue weighted by Gasteiger charge is -2.13. The van der Waals surface area contributed by atoms with Gasteiger partial charge < -0.3 is 4.74 Å². The van der Waals surface area contributed by atoms with Crippen molar-refractivity contribution < 1.29 is 9.53 Å². The minimum atomic E-state index is 0.0111. The molecule has 0 N–H and O–H groups in total. The van der Waals surface area contributed by atoms with Crippen molar-refractivity contribution in [2.75, 3.05) is 0 Å². The number of pyridine rings is 1. The van der Waals surface area contributed by atoms with Crippen LogP contribution in [0.15, 0.2) is 85.5 Å². The van der Waals surface area contributed by atoms with E-state index in [1.807, 2.05) is 73.9 Å². The first-order valence-electron chi connectivity index (χ1n) is 9.41. The summed E-state index contributed by atoms with van der Waals surface area (Å²) in [5.41, 5.74) is 4.49. The Hall–Kier alpha value is -3.73. The lowest BCUT2D eigenvalue weighted by atomic mass is 9.99. The van der Waals surface area contributed by atoms with Gasteiger partial charge in [-0.3, -0.25) is 14.5 Å². The smallest absolute Gasteiger partial charge is 0.170 e. The molecule has 2 heterocycles. The Bertz CT molecular complexity index is 1110. The van der Waals surface area contributed by atoms with Crippen LogP contribution in [0.2, 0.25) is 0 Å². The zero-order chi connectivity index (χ0) is 20.1. The van der Waals surface area contributed by atoms with Gasteiger partial charge in [0.2, 0.25) is 0 Å². The zero-order valence-electron chi connectivity index (χ0n) is 16.2. The molecular weight excluding hydrogens is 362 g/mol. The Balaban J connectivity index is 1.64. The summed E-state index contributed by atoms with van der Waals surface area (Å²) in [4.78, 5) is 17.0. The standard InChI is InChI=1S/C24H21N3O2/c1-27-16-21(15-26-27)20-7-8-22(23(28)13-18-9-11-25-12-10-18)24(14-20)29-17-19-5-3-2-4-6-19/h2-12,14-16H,13,17H2,1H3. The molecule has 2 aromatic carbocycles. The normalized spacial score (nSPS) is 10.7. The summed E-state index contributed by atoms with van der Waals surface area (Å²) in [5, 5.41) is 4.23. The van der Waals surface area contributed by atoms with Gasteiger partial charge in [-0.2, -0.15) is 5.10 Å². The highest BCUT2D eigenvalue weighted by Gasteiger charge is 2.15. The number of aromatic nitrogens is 3. The van der Waals surface area contributed by atoms with E-state index in [1.165, 1.54) is 0 Å². The molecule has 4 rings (SSSR count). The molecule has 5 heteroatoms. The predicted octanol–water partition coefficient (Wildman–Crippen LogP) is 4.49. The van der Waals surface area contributed by atoms with E-state index < -0.39 is 0 Å². The lowest BCUT2D eigenvalue weighted by Crippen LogP contribution is -2.07. The molecule has 0 spiro atoms. The van der Waals surface area contributed by atoms with Gasteiger partial charge in [-0.15, -0.1) is 0 Å². The Morgan fingerprint density at radius 2 is 1.76 bits per heavy atom. The number of hydrogen-bond donors (Lipinski definition) is 0. The fraction of sp³-hybridized carbons (Fsp3) is 0.125. The van der Waals surface area contributed by atoms with Crippen LogP contribution < -0.4 is 4.74 Å². The fourth-order valence-corrected chi connectivity index (χ4v) is 3.14. The molecule has 29 heavy (non-hydrogen) atoms. The van der Waals surface area contributed by atoms with Crippen molar-refractivity contribution in [3.05, 3.63) is 102 Å². The average molecular weight is 383 g/mol. The van der Waals surface area contributed by atoms with Crippen molar-refractivity contribution in [3.63, 3.8) is 0 Å². The van der Waals surface area contributed by atoms with Gasteiger partial charge in [0.15, 0.2) is 5.78 Å². The lowest BCUT2D eigenvalue weighted by molar-refractivity contribution is 0.0988.